The molecule has 1 saturated carbocycles. The molecule has 1 N–H and O–H groups in total. The summed E-state index contributed by atoms with van der Waals surface area (Å²) in [5.74, 6) is 0.795. The minimum atomic E-state index is 0.560. The molecule has 3 unspecified atom stereocenters. The van der Waals surface area contributed by atoms with Crippen LogP contribution in [0.25, 0.3) is 0 Å². The Labute approximate surface area is 130 Å². The first-order valence-corrected chi connectivity index (χ1v) is 9.89. The van der Waals surface area contributed by atoms with Gasteiger partial charge in [-0.2, -0.15) is 11.8 Å². The maximum Gasteiger partial charge on any atom is 0.0284 e. The van der Waals surface area contributed by atoms with Crippen LogP contribution in [0.3, 0.4) is 0 Å². The molecule has 1 saturated heterocycles. The summed E-state index contributed by atoms with van der Waals surface area (Å²) >= 11 is 2.14. The van der Waals surface area contributed by atoms with Crippen molar-refractivity contribution >= 4 is 11.8 Å². The zero-order valence-electron chi connectivity index (χ0n) is 14.0. The van der Waals surface area contributed by atoms with Gasteiger partial charge in [-0.1, -0.05) is 40.0 Å². The number of thioether (sulfide) groups is 1. The molecule has 2 nitrogen and oxygen atoms in total. The van der Waals surface area contributed by atoms with Crippen molar-refractivity contribution in [2.75, 3.05) is 25.9 Å². The van der Waals surface area contributed by atoms with Crippen molar-refractivity contribution in [1.29, 1.82) is 0 Å². The van der Waals surface area contributed by atoms with E-state index in [4.69, 9.17) is 0 Å². The maximum absolute atomic E-state index is 3.81. The van der Waals surface area contributed by atoms with Crippen LogP contribution in [0, 0.1) is 5.92 Å². The molecule has 2 aliphatic rings. The molecule has 1 heterocycles. The molecule has 3 atom stereocenters. The predicted octanol–water partition coefficient (Wildman–Crippen LogP) is 3.76. The van der Waals surface area contributed by atoms with Crippen LogP contribution in [0.15, 0.2) is 0 Å². The summed E-state index contributed by atoms with van der Waals surface area (Å²) in [6, 6.07) is 1.45. The third-order valence-corrected chi connectivity index (χ3v) is 7.21. The molecule has 0 bridgehead atoms. The fraction of sp³-hybridized carbons (Fsp3) is 1.00. The van der Waals surface area contributed by atoms with Gasteiger partial charge in [-0.15, -0.1) is 0 Å². The molecule has 118 valence electrons. The molecular formula is C17H34N2S. The van der Waals surface area contributed by atoms with Crippen LogP contribution in [0.1, 0.15) is 59.3 Å². The van der Waals surface area contributed by atoms with Crippen molar-refractivity contribution in [3.63, 3.8) is 0 Å². The van der Waals surface area contributed by atoms with E-state index in [9.17, 15) is 0 Å². The lowest BCUT2D eigenvalue weighted by Crippen LogP contribution is -2.60. The Morgan fingerprint density at radius 3 is 2.55 bits per heavy atom. The molecule has 0 spiro atoms. The highest BCUT2D eigenvalue weighted by atomic mass is 32.2. The average molecular weight is 299 g/mol. The van der Waals surface area contributed by atoms with Crippen LogP contribution < -0.4 is 5.32 Å². The summed E-state index contributed by atoms with van der Waals surface area (Å²) in [6.45, 7) is 10.8. The third-order valence-electron chi connectivity index (χ3n) is 5.80. The summed E-state index contributed by atoms with van der Waals surface area (Å²) in [6.07, 6.45) is 10.7. The average Bonchev–Trinajstić information content (AvgIpc) is 2.95. The van der Waals surface area contributed by atoms with Gasteiger partial charge in [0.05, 0.1) is 0 Å². The molecule has 2 fully saturated rings. The molecule has 20 heavy (non-hydrogen) atoms. The van der Waals surface area contributed by atoms with E-state index in [2.05, 4.69) is 49.0 Å². The van der Waals surface area contributed by atoms with Crippen LogP contribution in [-0.4, -0.2) is 47.6 Å². The van der Waals surface area contributed by atoms with Crippen LogP contribution in [0.5, 0.6) is 0 Å². The second-order valence-corrected chi connectivity index (χ2v) is 8.26. The monoisotopic (exact) mass is 298 g/mol. The van der Waals surface area contributed by atoms with Crippen molar-refractivity contribution in [1.82, 2.24) is 10.2 Å². The van der Waals surface area contributed by atoms with E-state index in [1.54, 1.807) is 0 Å². The molecule has 1 aliphatic heterocycles. The lowest BCUT2D eigenvalue weighted by atomic mass is 9.93. The zero-order chi connectivity index (χ0) is 14.6. The van der Waals surface area contributed by atoms with Crippen molar-refractivity contribution < 1.29 is 0 Å². The Kier molecular flexibility index (Phi) is 6.25. The molecular weight excluding hydrogens is 264 g/mol. The van der Waals surface area contributed by atoms with Crippen molar-refractivity contribution in [3.8, 4) is 0 Å². The van der Waals surface area contributed by atoms with E-state index < -0.39 is 0 Å². The van der Waals surface area contributed by atoms with E-state index in [1.165, 1.54) is 58.2 Å². The van der Waals surface area contributed by atoms with Crippen molar-refractivity contribution in [2.24, 2.45) is 5.92 Å². The van der Waals surface area contributed by atoms with Gasteiger partial charge in [0.1, 0.15) is 0 Å². The molecule has 1 aliphatic carbocycles. The lowest BCUT2D eigenvalue weighted by molar-refractivity contribution is 0.0959. The first-order chi connectivity index (χ1) is 9.64. The predicted molar refractivity (Wildman–Crippen MR) is 91.6 cm³/mol. The highest BCUT2D eigenvalue weighted by Gasteiger charge is 2.38. The molecule has 0 aromatic rings. The van der Waals surface area contributed by atoms with Gasteiger partial charge in [0.2, 0.25) is 0 Å². The van der Waals surface area contributed by atoms with Gasteiger partial charge in [-0.3, -0.25) is 4.90 Å². The summed E-state index contributed by atoms with van der Waals surface area (Å²) < 4.78 is 0.560. The molecule has 0 radical (unpaired) electrons. The summed E-state index contributed by atoms with van der Waals surface area (Å²) in [4.78, 5) is 2.83. The molecule has 0 aromatic heterocycles. The van der Waals surface area contributed by atoms with Crippen LogP contribution in [0.2, 0.25) is 0 Å². The largest absolute Gasteiger partial charge is 0.311 e. The Bertz CT molecular complexity index is 289. The van der Waals surface area contributed by atoms with Crippen molar-refractivity contribution in [3.05, 3.63) is 0 Å². The number of hydrogen-bond donors (Lipinski definition) is 1. The van der Waals surface area contributed by atoms with E-state index in [0.29, 0.717) is 10.8 Å². The standard InChI is InChI=1S/C17H34N2S/c1-5-14(3)16-12-19(15(6-2)11-18-16)13-17(20-4)9-7-8-10-17/h14-16,18H,5-13H2,1-4H3. The van der Waals surface area contributed by atoms with Gasteiger partial charge < -0.3 is 5.32 Å². The zero-order valence-corrected chi connectivity index (χ0v) is 14.8. The topological polar surface area (TPSA) is 15.3 Å². The van der Waals surface area contributed by atoms with E-state index >= 15 is 0 Å². The molecule has 2 rings (SSSR count). The smallest absolute Gasteiger partial charge is 0.0284 e. The number of nitrogens with one attached hydrogen (secondary N) is 1. The number of piperazine rings is 1. The summed E-state index contributed by atoms with van der Waals surface area (Å²) in [5, 5.41) is 3.81. The summed E-state index contributed by atoms with van der Waals surface area (Å²) in [7, 11) is 0. The normalized spacial score (nSPS) is 32.4. The van der Waals surface area contributed by atoms with Gasteiger partial charge in [-0.25, -0.2) is 0 Å². The quantitative estimate of drug-likeness (QED) is 0.804. The Morgan fingerprint density at radius 1 is 1.30 bits per heavy atom. The van der Waals surface area contributed by atoms with Crippen LogP contribution in [-0.2, 0) is 0 Å². The number of rotatable bonds is 6. The third kappa shape index (κ3) is 3.72. The van der Waals surface area contributed by atoms with E-state index in [1.807, 2.05) is 0 Å². The lowest BCUT2D eigenvalue weighted by Gasteiger charge is -2.45. The Hall–Kier alpha value is 0.270. The van der Waals surface area contributed by atoms with E-state index in [0.717, 1.165) is 12.0 Å². The van der Waals surface area contributed by atoms with Gasteiger partial charge in [0.25, 0.3) is 0 Å². The Morgan fingerprint density at radius 2 is 2.00 bits per heavy atom. The molecule has 0 aromatic carbocycles. The molecule has 3 heteroatoms. The second kappa shape index (κ2) is 7.51. The second-order valence-electron chi connectivity index (χ2n) is 6.99. The van der Waals surface area contributed by atoms with Gasteiger partial charge in [0.15, 0.2) is 0 Å². The van der Waals surface area contributed by atoms with Gasteiger partial charge in [-0.05, 0) is 31.4 Å². The highest BCUT2D eigenvalue weighted by Crippen LogP contribution is 2.41. The Balaban J connectivity index is 2.01. The van der Waals surface area contributed by atoms with Crippen molar-refractivity contribution in [2.45, 2.75) is 76.1 Å². The van der Waals surface area contributed by atoms with E-state index in [-0.39, 0.29) is 0 Å². The maximum atomic E-state index is 3.81. The number of hydrogen-bond acceptors (Lipinski definition) is 3. The fourth-order valence-corrected chi connectivity index (χ4v) is 4.95. The number of nitrogens with zero attached hydrogens (tertiary/aromatic N) is 1. The van der Waals surface area contributed by atoms with Gasteiger partial charge >= 0.3 is 0 Å². The van der Waals surface area contributed by atoms with Crippen LogP contribution in [0.4, 0.5) is 0 Å². The minimum absolute atomic E-state index is 0.560. The van der Waals surface area contributed by atoms with Gasteiger partial charge in [0, 0.05) is 36.5 Å². The first-order valence-electron chi connectivity index (χ1n) is 8.66. The fourth-order valence-electron chi connectivity index (χ4n) is 3.96. The van der Waals surface area contributed by atoms with Crippen LogP contribution >= 0.6 is 11.8 Å². The molecule has 0 amide bonds. The SMILES string of the molecule is CCC(C)C1CN(CC2(SC)CCCC2)C(CC)CN1. The minimum Gasteiger partial charge on any atom is -0.311 e. The highest BCUT2D eigenvalue weighted by molar-refractivity contribution is 8.00. The first kappa shape index (κ1) is 16.6. The summed E-state index contributed by atoms with van der Waals surface area (Å²) in [5.41, 5.74) is 0.